The van der Waals surface area contributed by atoms with Crippen molar-refractivity contribution < 1.29 is 4.79 Å². The van der Waals surface area contributed by atoms with Crippen LogP contribution < -0.4 is 0 Å². The molecule has 0 heterocycles. The molecule has 0 bridgehead atoms. The average molecular weight is 220 g/mol. The zero-order chi connectivity index (χ0) is 12.0. The molecular weight excluding hydrogens is 196 g/mol. The third kappa shape index (κ3) is 1.85. The Hall–Kier alpha value is -0.590. The normalized spacial score (nSPS) is 36.1. The lowest BCUT2D eigenvalue weighted by molar-refractivity contribution is -0.114. The van der Waals surface area contributed by atoms with Gasteiger partial charge < -0.3 is 0 Å². The fraction of sp³-hybridized carbons (Fsp3) is 0.800. The smallest absolute Gasteiger partial charge is 0.158 e. The van der Waals surface area contributed by atoms with Crippen molar-refractivity contribution in [1.82, 2.24) is 0 Å². The molecule has 0 amide bonds. The second kappa shape index (κ2) is 3.72. The number of rotatable bonds is 0. The first kappa shape index (κ1) is 11.9. The number of ketones is 1. The van der Waals surface area contributed by atoms with Gasteiger partial charge in [-0.2, -0.15) is 0 Å². The molecule has 2 fully saturated rings. The van der Waals surface area contributed by atoms with Crippen molar-refractivity contribution in [2.24, 2.45) is 16.7 Å². The minimum atomic E-state index is 0.207. The van der Waals surface area contributed by atoms with Crippen LogP contribution in [-0.2, 0) is 4.79 Å². The van der Waals surface area contributed by atoms with E-state index < -0.39 is 0 Å². The predicted molar refractivity (Wildman–Crippen MR) is 67.2 cm³/mol. The zero-order valence-electron chi connectivity index (χ0n) is 10.9. The molecule has 90 valence electrons. The van der Waals surface area contributed by atoms with Crippen LogP contribution in [0.4, 0.5) is 0 Å². The average Bonchev–Trinajstić information content (AvgIpc) is 2.47. The van der Waals surface area contributed by atoms with E-state index in [1.54, 1.807) is 0 Å². The summed E-state index contributed by atoms with van der Waals surface area (Å²) in [5.41, 5.74) is 1.57. The number of hydrogen-bond acceptors (Lipinski definition) is 1. The van der Waals surface area contributed by atoms with E-state index in [0.717, 1.165) is 24.3 Å². The van der Waals surface area contributed by atoms with E-state index in [-0.39, 0.29) is 5.41 Å². The third-order valence-electron chi connectivity index (χ3n) is 4.97. The summed E-state index contributed by atoms with van der Waals surface area (Å²) in [5.74, 6) is 1.15. The number of allylic oxidation sites excluding steroid dienone is 1. The highest BCUT2D eigenvalue weighted by atomic mass is 16.1. The van der Waals surface area contributed by atoms with Crippen LogP contribution in [0.15, 0.2) is 12.2 Å². The van der Waals surface area contributed by atoms with Gasteiger partial charge >= 0.3 is 0 Å². The fourth-order valence-electron chi connectivity index (χ4n) is 3.54. The first-order valence-corrected chi connectivity index (χ1v) is 6.58. The Morgan fingerprint density at radius 3 is 2.12 bits per heavy atom. The van der Waals surface area contributed by atoms with Gasteiger partial charge in [0.25, 0.3) is 0 Å². The van der Waals surface area contributed by atoms with Gasteiger partial charge in [-0.25, -0.2) is 0 Å². The quantitative estimate of drug-likeness (QED) is 0.561. The predicted octanol–water partition coefficient (Wildman–Crippen LogP) is 4.13. The molecule has 0 aromatic rings. The van der Waals surface area contributed by atoms with Crippen molar-refractivity contribution in [1.29, 1.82) is 0 Å². The van der Waals surface area contributed by atoms with Gasteiger partial charge in [-0.1, -0.05) is 27.4 Å². The molecule has 16 heavy (non-hydrogen) atoms. The van der Waals surface area contributed by atoms with E-state index in [1.165, 1.54) is 25.7 Å². The van der Waals surface area contributed by atoms with E-state index in [2.05, 4.69) is 27.4 Å². The lowest BCUT2D eigenvalue weighted by atomic mass is 9.62. The second-order valence-electron chi connectivity index (χ2n) is 6.82. The summed E-state index contributed by atoms with van der Waals surface area (Å²) in [6, 6.07) is 0. The maximum Gasteiger partial charge on any atom is 0.158 e. The Morgan fingerprint density at radius 2 is 1.75 bits per heavy atom. The van der Waals surface area contributed by atoms with Crippen molar-refractivity contribution in [3.63, 3.8) is 0 Å². The Labute approximate surface area is 99.3 Å². The number of hydrogen-bond donors (Lipinski definition) is 0. The van der Waals surface area contributed by atoms with E-state index in [1.807, 2.05) is 0 Å². The van der Waals surface area contributed by atoms with Crippen molar-refractivity contribution in [3.8, 4) is 0 Å². The van der Waals surface area contributed by atoms with Crippen LogP contribution in [-0.4, -0.2) is 5.78 Å². The molecule has 0 aromatic carbocycles. The number of Topliss-reactive ketones (excluding diaryl/α,β-unsaturated/α-hetero) is 1. The van der Waals surface area contributed by atoms with Gasteiger partial charge in [-0.15, -0.1) is 0 Å². The summed E-state index contributed by atoms with van der Waals surface area (Å²) < 4.78 is 0. The van der Waals surface area contributed by atoms with E-state index in [0.29, 0.717) is 11.2 Å². The molecular formula is C15H24O. The molecule has 0 radical (unpaired) electrons. The highest BCUT2D eigenvalue weighted by Crippen LogP contribution is 2.54. The molecule has 0 atom stereocenters. The Morgan fingerprint density at radius 1 is 1.19 bits per heavy atom. The van der Waals surface area contributed by atoms with Crippen LogP contribution in [0.2, 0.25) is 0 Å². The molecule has 0 N–H and O–H groups in total. The first-order valence-electron chi connectivity index (χ1n) is 6.58. The van der Waals surface area contributed by atoms with E-state index in [4.69, 9.17) is 0 Å². The molecule has 0 saturated heterocycles. The standard InChI is InChI=1S/C15H24O/c1-11-13(16)7-10-15(11)8-5-12(6-9-15)14(2,3)4/h12H,1,5-10H2,2-4H3. The van der Waals surface area contributed by atoms with Gasteiger partial charge in [0.15, 0.2) is 5.78 Å². The largest absolute Gasteiger partial charge is 0.295 e. The van der Waals surface area contributed by atoms with E-state index in [9.17, 15) is 4.79 Å². The van der Waals surface area contributed by atoms with Gasteiger partial charge in [0, 0.05) is 6.42 Å². The zero-order valence-corrected chi connectivity index (χ0v) is 10.9. The molecule has 1 heteroatoms. The summed E-state index contributed by atoms with van der Waals surface area (Å²) >= 11 is 0. The van der Waals surface area contributed by atoms with Crippen LogP contribution in [0.5, 0.6) is 0 Å². The Balaban J connectivity index is 2.05. The summed E-state index contributed by atoms with van der Waals surface area (Å²) in [6.07, 6.45) is 6.76. The maximum absolute atomic E-state index is 11.6. The maximum atomic E-state index is 11.6. The molecule has 2 aliphatic carbocycles. The second-order valence-corrected chi connectivity index (χ2v) is 6.82. The Kier molecular flexibility index (Phi) is 2.76. The minimum Gasteiger partial charge on any atom is -0.295 e. The molecule has 0 aliphatic heterocycles. The number of carbonyl (C=O) groups excluding carboxylic acids is 1. The Bertz CT molecular complexity index is 311. The monoisotopic (exact) mass is 220 g/mol. The van der Waals surface area contributed by atoms with Gasteiger partial charge in [-0.3, -0.25) is 4.79 Å². The van der Waals surface area contributed by atoms with Crippen LogP contribution >= 0.6 is 0 Å². The van der Waals surface area contributed by atoms with E-state index >= 15 is 0 Å². The van der Waals surface area contributed by atoms with Crippen molar-refractivity contribution >= 4 is 5.78 Å². The summed E-state index contributed by atoms with van der Waals surface area (Å²) in [6.45, 7) is 11.1. The van der Waals surface area contributed by atoms with Crippen molar-refractivity contribution in [2.75, 3.05) is 0 Å². The third-order valence-corrected chi connectivity index (χ3v) is 4.97. The highest BCUT2D eigenvalue weighted by Gasteiger charge is 2.45. The van der Waals surface area contributed by atoms with Gasteiger partial charge in [0.1, 0.15) is 0 Å². The molecule has 1 spiro atoms. The van der Waals surface area contributed by atoms with Gasteiger partial charge in [-0.05, 0) is 54.4 Å². The molecule has 1 nitrogen and oxygen atoms in total. The van der Waals surface area contributed by atoms with Crippen molar-refractivity contribution in [3.05, 3.63) is 12.2 Å². The fourth-order valence-corrected chi connectivity index (χ4v) is 3.54. The van der Waals surface area contributed by atoms with Crippen molar-refractivity contribution in [2.45, 2.75) is 59.3 Å². The lowest BCUT2D eigenvalue weighted by Crippen LogP contribution is -2.32. The van der Waals surface area contributed by atoms with Gasteiger partial charge in [0.05, 0.1) is 0 Å². The topological polar surface area (TPSA) is 17.1 Å². The summed E-state index contributed by atoms with van der Waals surface area (Å²) in [5, 5.41) is 0. The van der Waals surface area contributed by atoms with Crippen LogP contribution in [0.3, 0.4) is 0 Å². The van der Waals surface area contributed by atoms with Crippen LogP contribution in [0.25, 0.3) is 0 Å². The van der Waals surface area contributed by atoms with Gasteiger partial charge in [0.2, 0.25) is 0 Å². The highest BCUT2D eigenvalue weighted by molar-refractivity contribution is 5.98. The summed E-state index contributed by atoms with van der Waals surface area (Å²) in [7, 11) is 0. The summed E-state index contributed by atoms with van der Waals surface area (Å²) in [4.78, 5) is 11.6. The molecule has 0 aromatic heterocycles. The molecule has 2 saturated carbocycles. The number of carbonyl (C=O) groups is 1. The van der Waals surface area contributed by atoms with Crippen LogP contribution in [0.1, 0.15) is 59.3 Å². The molecule has 0 unspecified atom stereocenters. The lowest BCUT2D eigenvalue weighted by Gasteiger charge is -2.42. The minimum absolute atomic E-state index is 0.207. The first-order chi connectivity index (χ1) is 7.35. The SMILES string of the molecule is C=C1C(=O)CCC12CCC(C(C)(C)C)CC2. The van der Waals surface area contributed by atoms with Crippen LogP contribution in [0, 0.1) is 16.7 Å². The molecule has 2 rings (SSSR count). The molecule has 2 aliphatic rings.